The number of carbonyl (C=O) groups is 1. The molecule has 0 fully saturated rings. The number of hydrogen-bond acceptors (Lipinski definition) is 4. The van der Waals surface area contributed by atoms with Gasteiger partial charge in [0, 0.05) is 24.0 Å². The molecule has 1 atom stereocenters. The fourth-order valence-electron chi connectivity index (χ4n) is 2.95. The van der Waals surface area contributed by atoms with Gasteiger partial charge in [0.2, 0.25) is 6.10 Å². The van der Waals surface area contributed by atoms with E-state index in [2.05, 4.69) is 31.0 Å². The molecule has 0 aliphatic carbocycles. The van der Waals surface area contributed by atoms with E-state index in [1.165, 1.54) is 0 Å². The lowest BCUT2D eigenvalue weighted by atomic mass is 10.2. The Hall–Kier alpha value is -2.69. The van der Waals surface area contributed by atoms with Crippen molar-refractivity contribution in [1.29, 1.82) is 0 Å². The molecule has 1 aliphatic heterocycles. The van der Waals surface area contributed by atoms with Crippen LogP contribution in [0.15, 0.2) is 48.5 Å². The predicted molar refractivity (Wildman–Crippen MR) is 99.6 cm³/mol. The first-order chi connectivity index (χ1) is 12.1. The van der Waals surface area contributed by atoms with Crippen LogP contribution in [0, 0.1) is 0 Å². The van der Waals surface area contributed by atoms with E-state index in [-0.39, 0.29) is 12.5 Å². The van der Waals surface area contributed by atoms with Gasteiger partial charge in [0.15, 0.2) is 11.5 Å². The minimum absolute atomic E-state index is 0.206. The van der Waals surface area contributed by atoms with Gasteiger partial charge in [-0.05, 0) is 57.2 Å². The van der Waals surface area contributed by atoms with Crippen molar-refractivity contribution < 1.29 is 14.3 Å². The molecule has 3 rings (SSSR count). The molecule has 0 saturated heterocycles. The van der Waals surface area contributed by atoms with Crippen LogP contribution in [0.3, 0.4) is 0 Å². The number of carbonyl (C=O) groups excluding carboxylic acids is 1. The average Bonchev–Trinajstić information content (AvgIpc) is 2.63. The summed E-state index contributed by atoms with van der Waals surface area (Å²) in [7, 11) is 0. The monoisotopic (exact) mass is 340 g/mol. The maximum absolute atomic E-state index is 12.4. The summed E-state index contributed by atoms with van der Waals surface area (Å²) in [5, 5.41) is 2.89. The van der Waals surface area contributed by atoms with E-state index in [9.17, 15) is 4.79 Å². The Bertz CT molecular complexity index is 728. The molecule has 0 unspecified atom stereocenters. The Balaban J connectivity index is 1.64. The molecule has 1 heterocycles. The van der Waals surface area contributed by atoms with Gasteiger partial charge >= 0.3 is 0 Å². The lowest BCUT2D eigenvalue weighted by Gasteiger charge is -2.28. The van der Waals surface area contributed by atoms with Crippen molar-refractivity contribution in [3.05, 3.63) is 48.5 Å². The van der Waals surface area contributed by atoms with E-state index in [1.807, 2.05) is 42.5 Å². The van der Waals surface area contributed by atoms with Gasteiger partial charge in [0.1, 0.15) is 6.61 Å². The molecule has 2 aromatic rings. The van der Waals surface area contributed by atoms with Crippen LogP contribution >= 0.6 is 0 Å². The second-order valence-corrected chi connectivity index (χ2v) is 6.28. The van der Waals surface area contributed by atoms with E-state index in [0.29, 0.717) is 17.5 Å². The van der Waals surface area contributed by atoms with E-state index in [0.717, 1.165) is 17.9 Å². The second kappa shape index (κ2) is 7.47. The second-order valence-electron chi connectivity index (χ2n) is 6.28. The Morgan fingerprint density at radius 1 is 1.16 bits per heavy atom. The third-order valence-electron chi connectivity index (χ3n) is 4.23. The van der Waals surface area contributed by atoms with Crippen molar-refractivity contribution in [1.82, 2.24) is 0 Å². The number of benzene rings is 2. The van der Waals surface area contributed by atoms with Crippen molar-refractivity contribution in [2.75, 3.05) is 23.4 Å². The highest BCUT2D eigenvalue weighted by Gasteiger charge is 2.27. The maximum atomic E-state index is 12.4. The summed E-state index contributed by atoms with van der Waals surface area (Å²) in [6.07, 6.45) is -0.655. The van der Waals surface area contributed by atoms with Crippen LogP contribution in [0.1, 0.15) is 20.8 Å². The van der Waals surface area contributed by atoms with Crippen LogP contribution in [0.25, 0.3) is 0 Å². The fourth-order valence-corrected chi connectivity index (χ4v) is 2.95. The Morgan fingerprint density at radius 2 is 1.84 bits per heavy atom. The van der Waals surface area contributed by atoms with E-state index in [4.69, 9.17) is 9.47 Å². The van der Waals surface area contributed by atoms with Gasteiger partial charge in [0.05, 0.1) is 0 Å². The van der Waals surface area contributed by atoms with Gasteiger partial charge in [-0.3, -0.25) is 4.79 Å². The summed E-state index contributed by atoms with van der Waals surface area (Å²) in [4.78, 5) is 14.7. The summed E-state index contributed by atoms with van der Waals surface area (Å²) in [5.41, 5.74) is 1.89. The minimum atomic E-state index is -0.655. The summed E-state index contributed by atoms with van der Waals surface area (Å²) in [6, 6.07) is 15.7. The molecule has 0 bridgehead atoms. The lowest BCUT2D eigenvalue weighted by molar-refractivity contribution is -0.125. The molecule has 5 nitrogen and oxygen atoms in total. The molecule has 5 heteroatoms. The van der Waals surface area contributed by atoms with E-state index in [1.54, 1.807) is 6.07 Å². The highest BCUT2D eigenvalue weighted by atomic mass is 16.6. The molecule has 0 saturated carbocycles. The molecule has 1 N–H and O–H groups in total. The normalized spacial score (nSPS) is 15.8. The summed E-state index contributed by atoms with van der Waals surface area (Å²) < 4.78 is 11.3. The maximum Gasteiger partial charge on any atom is 0.269 e. The van der Waals surface area contributed by atoms with Crippen LogP contribution in [0.4, 0.5) is 11.4 Å². The largest absolute Gasteiger partial charge is 0.485 e. The number of para-hydroxylation sites is 2. The quantitative estimate of drug-likeness (QED) is 0.902. The molecule has 0 spiro atoms. The van der Waals surface area contributed by atoms with Crippen molar-refractivity contribution >= 4 is 17.3 Å². The minimum Gasteiger partial charge on any atom is -0.485 e. The third kappa shape index (κ3) is 3.87. The number of anilines is 2. The van der Waals surface area contributed by atoms with Gasteiger partial charge < -0.3 is 19.7 Å². The molecule has 25 heavy (non-hydrogen) atoms. The Kier molecular flexibility index (Phi) is 5.12. The first-order valence-electron chi connectivity index (χ1n) is 8.64. The van der Waals surface area contributed by atoms with Gasteiger partial charge in [-0.25, -0.2) is 0 Å². The van der Waals surface area contributed by atoms with E-state index >= 15 is 0 Å². The van der Waals surface area contributed by atoms with Crippen molar-refractivity contribution in [3.8, 4) is 11.5 Å². The molecule has 0 radical (unpaired) electrons. The molecule has 0 aromatic heterocycles. The van der Waals surface area contributed by atoms with Crippen molar-refractivity contribution in [3.63, 3.8) is 0 Å². The number of rotatable bonds is 5. The molecule has 1 aliphatic rings. The first kappa shape index (κ1) is 17.1. The van der Waals surface area contributed by atoms with Crippen LogP contribution in [0.5, 0.6) is 11.5 Å². The highest BCUT2D eigenvalue weighted by Crippen LogP contribution is 2.31. The van der Waals surface area contributed by atoms with Gasteiger partial charge in [-0.15, -0.1) is 0 Å². The smallest absolute Gasteiger partial charge is 0.269 e. The number of nitrogens with one attached hydrogen (secondary N) is 1. The zero-order valence-corrected chi connectivity index (χ0v) is 14.9. The number of fused-ring (bicyclic) bond motifs is 1. The average molecular weight is 340 g/mol. The van der Waals surface area contributed by atoms with E-state index < -0.39 is 6.10 Å². The standard InChI is InChI=1S/C20H24N2O3/c1-4-22(14(2)3)16-11-9-15(10-12-16)21-20(23)19-13-24-17-7-5-6-8-18(17)25-19/h5-12,14,19H,4,13H2,1-3H3,(H,21,23)/t19-/m0/s1. The number of amides is 1. The van der Waals surface area contributed by atoms with Crippen LogP contribution in [-0.2, 0) is 4.79 Å². The van der Waals surface area contributed by atoms with Crippen molar-refractivity contribution in [2.24, 2.45) is 0 Å². The molecular weight excluding hydrogens is 316 g/mol. The number of hydrogen-bond donors (Lipinski definition) is 1. The van der Waals surface area contributed by atoms with Crippen LogP contribution in [0.2, 0.25) is 0 Å². The zero-order valence-electron chi connectivity index (χ0n) is 14.9. The van der Waals surface area contributed by atoms with Gasteiger partial charge in [-0.1, -0.05) is 12.1 Å². The highest BCUT2D eigenvalue weighted by molar-refractivity contribution is 5.94. The molecule has 1 amide bonds. The predicted octanol–water partition coefficient (Wildman–Crippen LogP) is 3.70. The fraction of sp³-hybridized carbons (Fsp3) is 0.350. The number of nitrogens with zero attached hydrogens (tertiary/aromatic N) is 1. The summed E-state index contributed by atoms with van der Waals surface area (Å²) in [5.74, 6) is 1.06. The SMILES string of the molecule is CCN(c1ccc(NC(=O)[C@@H]2COc3ccccc3O2)cc1)C(C)C. The Labute approximate surface area is 148 Å². The first-order valence-corrected chi connectivity index (χ1v) is 8.64. The lowest BCUT2D eigenvalue weighted by Crippen LogP contribution is -2.40. The topological polar surface area (TPSA) is 50.8 Å². The summed E-state index contributed by atoms with van der Waals surface area (Å²) in [6.45, 7) is 7.61. The molecule has 132 valence electrons. The third-order valence-corrected chi connectivity index (χ3v) is 4.23. The van der Waals surface area contributed by atoms with Gasteiger partial charge in [0.25, 0.3) is 5.91 Å². The summed E-state index contributed by atoms with van der Waals surface area (Å²) >= 11 is 0. The molecular formula is C20H24N2O3. The molecule has 2 aromatic carbocycles. The van der Waals surface area contributed by atoms with Gasteiger partial charge in [-0.2, -0.15) is 0 Å². The van der Waals surface area contributed by atoms with Crippen LogP contribution in [-0.4, -0.2) is 31.2 Å². The zero-order chi connectivity index (χ0) is 17.8. The number of ether oxygens (including phenoxy) is 2. The Morgan fingerprint density at radius 3 is 2.48 bits per heavy atom. The van der Waals surface area contributed by atoms with Crippen LogP contribution < -0.4 is 19.7 Å². The van der Waals surface area contributed by atoms with Crippen molar-refractivity contribution in [2.45, 2.75) is 32.9 Å².